The smallest absolute Gasteiger partial charge is 0.240 e. The van der Waals surface area contributed by atoms with Gasteiger partial charge >= 0.3 is 0 Å². The van der Waals surface area contributed by atoms with E-state index in [4.69, 9.17) is 11.6 Å². The maximum absolute atomic E-state index is 12.1. The first-order valence-electron chi connectivity index (χ1n) is 8.01. The molecule has 1 aliphatic rings. The average Bonchev–Trinajstić information content (AvgIpc) is 3.23. The fourth-order valence-electron chi connectivity index (χ4n) is 3.16. The molecule has 2 aromatic heterocycles. The standard InChI is InChI=1S/C19H16ClN3OS/c1-11-5-6-15-13(8-11)9-14(19(20)21-15)17-10-16(18-4-3-7-25-18)22-23(17)12(2)24/h3-9,17H,10H2,1-2H3/t17-/m0/s1. The van der Waals surface area contributed by atoms with Crippen LogP contribution in [0.15, 0.2) is 46.9 Å². The molecule has 0 N–H and O–H groups in total. The maximum Gasteiger partial charge on any atom is 0.240 e. The Morgan fingerprint density at radius 3 is 2.88 bits per heavy atom. The minimum Gasteiger partial charge on any atom is -0.273 e. The van der Waals surface area contributed by atoms with E-state index in [1.165, 1.54) is 11.9 Å². The van der Waals surface area contributed by atoms with Crippen LogP contribution in [0.3, 0.4) is 0 Å². The number of nitrogens with zero attached hydrogens (tertiary/aromatic N) is 3. The van der Waals surface area contributed by atoms with Crippen molar-refractivity contribution >= 4 is 45.5 Å². The number of thiophene rings is 1. The van der Waals surface area contributed by atoms with Crippen LogP contribution in [0.1, 0.15) is 35.4 Å². The summed E-state index contributed by atoms with van der Waals surface area (Å²) in [6.07, 6.45) is 0.638. The van der Waals surface area contributed by atoms with E-state index >= 15 is 0 Å². The Kier molecular flexibility index (Phi) is 4.06. The van der Waals surface area contributed by atoms with Gasteiger partial charge in [-0.05, 0) is 36.6 Å². The van der Waals surface area contributed by atoms with Gasteiger partial charge in [0.05, 0.1) is 22.1 Å². The monoisotopic (exact) mass is 369 g/mol. The van der Waals surface area contributed by atoms with Crippen LogP contribution in [-0.4, -0.2) is 21.6 Å². The highest BCUT2D eigenvalue weighted by Crippen LogP contribution is 2.37. The van der Waals surface area contributed by atoms with Gasteiger partial charge in [0.2, 0.25) is 5.91 Å². The molecule has 25 heavy (non-hydrogen) atoms. The lowest BCUT2D eigenvalue weighted by molar-refractivity contribution is -0.130. The van der Waals surface area contributed by atoms with Gasteiger partial charge in [0.15, 0.2) is 0 Å². The summed E-state index contributed by atoms with van der Waals surface area (Å²) in [4.78, 5) is 17.7. The molecule has 0 unspecified atom stereocenters. The molecular formula is C19H16ClN3OS. The second-order valence-electron chi connectivity index (χ2n) is 6.17. The number of aryl methyl sites for hydroxylation is 1. The van der Waals surface area contributed by atoms with E-state index in [1.807, 2.05) is 42.6 Å². The molecule has 0 radical (unpaired) electrons. The van der Waals surface area contributed by atoms with E-state index in [1.54, 1.807) is 11.3 Å². The number of hydrogen-bond acceptors (Lipinski definition) is 4. The number of hydrazone groups is 1. The quantitative estimate of drug-likeness (QED) is 0.599. The molecule has 0 fully saturated rings. The van der Waals surface area contributed by atoms with Crippen molar-refractivity contribution in [2.75, 3.05) is 0 Å². The fourth-order valence-corrected chi connectivity index (χ4v) is 4.15. The molecule has 0 saturated carbocycles. The van der Waals surface area contributed by atoms with Crippen LogP contribution in [-0.2, 0) is 4.79 Å². The minimum atomic E-state index is -0.223. The zero-order valence-corrected chi connectivity index (χ0v) is 15.4. The first-order valence-corrected chi connectivity index (χ1v) is 9.26. The minimum absolute atomic E-state index is 0.100. The van der Waals surface area contributed by atoms with Crippen molar-refractivity contribution < 1.29 is 4.79 Å². The normalized spacial score (nSPS) is 17.2. The van der Waals surface area contributed by atoms with Gasteiger partial charge in [-0.3, -0.25) is 4.79 Å². The summed E-state index contributed by atoms with van der Waals surface area (Å²) >= 11 is 8.09. The molecule has 0 aliphatic carbocycles. The summed E-state index contributed by atoms with van der Waals surface area (Å²) in [5, 5.41) is 9.54. The van der Waals surface area contributed by atoms with Gasteiger partial charge in [0.1, 0.15) is 5.15 Å². The molecule has 0 saturated heterocycles. The number of rotatable bonds is 2. The van der Waals surface area contributed by atoms with Crippen LogP contribution in [0, 0.1) is 6.92 Å². The van der Waals surface area contributed by atoms with Crippen LogP contribution in [0.25, 0.3) is 10.9 Å². The van der Waals surface area contributed by atoms with Crippen molar-refractivity contribution in [2.45, 2.75) is 26.3 Å². The van der Waals surface area contributed by atoms with Crippen LogP contribution >= 0.6 is 22.9 Å². The number of benzene rings is 1. The first-order chi connectivity index (χ1) is 12.0. The number of hydrogen-bond donors (Lipinski definition) is 0. The Labute approximate surface area is 154 Å². The van der Waals surface area contributed by atoms with Crippen LogP contribution < -0.4 is 0 Å². The van der Waals surface area contributed by atoms with E-state index < -0.39 is 0 Å². The second kappa shape index (κ2) is 6.24. The molecular weight excluding hydrogens is 354 g/mol. The molecule has 3 aromatic rings. The van der Waals surface area contributed by atoms with Gasteiger partial charge in [-0.2, -0.15) is 5.10 Å². The van der Waals surface area contributed by atoms with Crippen LogP contribution in [0.5, 0.6) is 0 Å². The van der Waals surface area contributed by atoms with Crippen molar-refractivity contribution in [1.82, 2.24) is 9.99 Å². The van der Waals surface area contributed by atoms with Crippen molar-refractivity contribution in [3.63, 3.8) is 0 Å². The molecule has 4 rings (SSSR count). The zero-order valence-electron chi connectivity index (χ0n) is 13.9. The highest BCUT2D eigenvalue weighted by atomic mass is 35.5. The Morgan fingerprint density at radius 2 is 2.16 bits per heavy atom. The lowest BCUT2D eigenvalue weighted by Gasteiger charge is -2.21. The van der Waals surface area contributed by atoms with E-state index in [0.29, 0.717) is 11.6 Å². The van der Waals surface area contributed by atoms with Crippen molar-refractivity contribution in [1.29, 1.82) is 0 Å². The summed E-state index contributed by atoms with van der Waals surface area (Å²) in [5.41, 5.74) is 3.76. The second-order valence-corrected chi connectivity index (χ2v) is 7.48. The van der Waals surface area contributed by atoms with Gasteiger partial charge in [-0.1, -0.05) is 29.3 Å². The highest BCUT2D eigenvalue weighted by molar-refractivity contribution is 7.12. The largest absolute Gasteiger partial charge is 0.273 e. The molecule has 126 valence electrons. The SMILES string of the molecule is CC(=O)N1N=C(c2cccs2)C[C@H]1c1cc2cc(C)ccc2nc1Cl. The number of carbonyl (C=O) groups excluding carboxylic acids is 1. The fraction of sp³-hybridized carbons (Fsp3) is 0.211. The van der Waals surface area contributed by atoms with Gasteiger partial charge in [0.25, 0.3) is 0 Å². The maximum atomic E-state index is 12.1. The highest BCUT2D eigenvalue weighted by Gasteiger charge is 2.33. The number of halogens is 1. The Balaban J connectivity index is 1.79. The van der Waals surface area contributed by atoms with Crippen molar-refractivity contribution in [3.8, 4) is 0 Å². The molecule has 1 aliphatic heterocycles. The Bertz CT molecular complexity index is 997. The lowest BCUT2D eigenvalue weighted by Crippen LogP contribution is -2.24. The molecule has 1 atom stereocenters. The number of fused-ring (bicyclic) bond motifs is 1. The number of amides is 1. The topological polar surface area (TPSA) is 45.6 Å². The molecule has 0 bridgehead atoms. The predicted octanol–water partition coefficient (Wildman–Crippen LogP) is 4.96. The van der Waals surface area contributed by atoms with Crippen LogP contribution in [0.2, 0.25) is 5.15 Å². The molecule has 0 spiro atoms. The lowest BCUT2D eigenvalue weighted by atomic mass is 10.0. The Hall–Kier alpha value is -2.24. The third-order valence-electron chi connectivity index (χ3n) is 4.35. The average molecular weight is 370 g/mol. The van der Waals surface area contributed by atoms with Gasteiger partial charge < -0.3 is 0 Å². The third kappa shape index (κ3) is 2.94. The van der Waals surface area contributed by atoms with E-state index in [-0.39, 0.29) is 11.9 Å². The van der Waals surface area contributed by atoms with Gasteiger partial charge in [0, 0.05) is 24.3 Å². The van der Waals surface area contributed by atoms with Crippen LogP contribution in [0.4, 0.5) is 0 Å². The van der Waals surface area contributed by atoms with Crippen molar-refractivity contribution in [3.05, 3.63) is 62.9 Å². The first kappa shape index (κ1) is 16.2. The molecule has 6 heteroatoms. The van der Waals surface area contributed by atoms with E-state index in [9.17, 15) is 4.79 Å². The molecule has 3 heterocycles. The van der Waals surface area contributed by atoms with E-state index in [0.717, 1.165) is 32.6 Å². The summed E-state index contributed by atoms with van der Waals surface area (Å²) in [5.74, 6) is -0.100. The molecule has 1 amide bonds. The van der Waals surface area contributed by atoms with E-state index in [2.05, 4.69) is 16.2 Å². The molecule has 1 aromatic carbocycles. The third-order valence-corrected chi connectivity index (χ3v) is 5.57. The zero-order chi connectivity index (χ0) is 17.6. The summed E-state index contributed by atoms with van der Waals surface area (Å²) in [6, 6.07) is 11.9. The summed E-state index contributed by atoms with van der Waals surface area (Å²) in [6.45, 7) is 3.57. The summed E-state index contributed by atoms with van der Waals surface area (Å²) < 4.78 is 0. The van der Waals surface area contributed by atoms with Crippen molar-refractivity contribution in [2.24, 2.45) is 5.10 Å². The number of aromatic nitrogens is 1. The predicted molar refractivity (Wildman–Crippen MR) is 102 cm³/mol. The van der Waals surface area contributed by atoms with Gasteiger partial charge in [-0.15, -0.1) is 11.3 Å². The summed E-state index contributed by atoms with van der Waals surface area (Å²) in [7, 11) is 0. The van der Waals surface area contributed by atoms with Gasteiger partial charge in [-0.25, -0.2) is 9.99 Å². The molecule has 4 nitrogen and oxygen atoms in total. The number of pyridine rings is 1. The number of carbonyl (C=O) groups is 1. The Morgan fingerprint density at radius 1 is 1.32 bits per heavy atom.